The molecule has 1 fully saturated rings. The largest absolute Gasteiger partial charge is 0.342 e. The third-order valence-electron chi connectivity index (χ3n) is 3.30. The van der Waals surface area contributed by atoms with Gasteiger partial charge in [0.25, 0.3) is 0 Å². The van der Waals surface area contributed by atoms with Crippen LogP contribution in [0.2, 0.25) is 0 Å². The average molecular weight is 258 g/mol. The van der Waals surface area contributed by atoms with Crippen molar-refractivity contribution >= 4 is 17.7 Å². The van der Waals surface area contributed by atoms with E-state index in [0.717, 1.165) is 18.8 Å². The molecule has 0 spiro atoms. The molecule has 1 aliphatic rings. The third-order valence-corrected chi connectivity index (χ3v) is 4.76. The van der Waals surface area contributed by atoms with E-state index >= 15 is 0 Å². The van der Waals surface area contributed by atoms with Crippen molar-refractivity contribution in [2.24, 2.45) is 11.7 Å². The summed E-state index contributed by atoms with van der Waals surface area (Å²) in [6.45, 7) is 6.78. The lowest BCUT2D eigenvalue weighted by Crippen LogP contribution is -2.37. The molecule has 0 aliphatic carbocycles. The molecule has 0 bridgehead atoms. The molecule has 0 aromatic rings. The predicted octanol–water partition coefficient (Wildman–Crippen LogP) is 2.11. The Balaban J connectivity index is 2.33. The Morgan fingerprint density at radius 2 is 1.82 bits per heavy atom. The maximum atomic E-state index is 12.2. The lowest BCUT2D eigenvalue weighted by molar-refractivity contribution is -0.130. The molecule has 1 amide bonds. The smallest absolute Gasteiger partial charge is 0.235 e. The number of nitrogens with zero attached hydrogens (tertiary/aromatic N) is 1. The lowest BCUT2D eigenvalue weighted by atomic mass is 10.2. The Morgan fingerprint density at radius 3 is 2.35 bits per heavy atom. The Labute approximate surface area is 109 Å². The van der Waals surface area contributed by atoms with Crippen molar-refractivity contribution in [1.29, 1.82) is 0 Å². The minimum absolute atomic E-state index is 0.0853. The van der Waals surface area contributed by atoms with E-state index in [-0.39, 0.29) is 5.25 Å². The molecular formula is C13H26N2OS. The summed E-state index contributed by atoms with van der Waals surface area (Å²) < 4.78 is 0. The van der Waals surface area contributed by atoms with Crippen molar-refractivity contribution in [2.75, 3.05) is 25.4 Å². The first-order chi connectivity index (χ1) is 8.15. The van der Waals surface area contributed by atoms with Gasteiger partial charge in [-0.25, -0.2) is 0 Å². The number of hydrogen-bond acceptors (Lipinski definition) is 3. The summed E-state index contributed by atoms with van der Waals surface area (Å²) in [4.78, 5) is 14.3. The van der Waals surface area contributed by atoms with Crippen LogP contribution in [0.1, 0.15) is 39.5 Å². The molecule has 1 rings (SSSR count). The first-order valence-corrected chi connectivity index (χ1v) is 7.80. The minimum atomic E-state index is 0.0853. The standard InChI is InChI=1S/C13H26N2OS/c1-11(9-14)10-17-12(2)13(16)15-7-5-3-4-6-8-15/h11-12H,3-10,14H2,1-2H3. The first kappa shape index (κ1) is 14.8. The molecule has 0 aromatic heterocycles. The topological polar surface area (TPSA) is 46.3 Å². The second-order valence-electron chi connectivity index (χ2n) is 5.06. The van der Waals surface area contributed by atoms with Crippen LogP contribution < -0.4 is 5.73 Å². The summed E-state index contributed by atoms with van der Waals surface area (Å²) in [5.74, 6) is 1.80. The number of hydrogen-bond donors (Lipinski definition) is 1. The predicted molar refractivity (Wildman–Crippen MR) is 75.2 cm³/mol. The number of carbonyl (C=O) groups excluding carboxylic acids is 1. The zero-order valence-corrected chi connectivity index (χ0v) is 12.0. The van der Waals surface area contributed by atoms with E-state index in [2.05, 4.69) is 11.8 Å². The molecule has 1 saturated heterocycles. The molecule has 0 saturated carbocycles. The molecule has 3 nitrogen and oxygen atoms in total. The molecule has 4 heteroatoms. The van der Waals surface area contributed by atoms with Gasteiger partial charge in [-0.05, 0) is 38.0 Å². The van der Waals surface area contributed by atoms with Crippen molar-refractivity contribution in [3.05, 3.63) is 0 Å². The first-order valence-electron chi connectivity index (χ1n) is 6.75. The summed E-state index contributed by atoms with van der Waals surface area (Å²) >= 11 is 1.75. The fourth-order valence-electron chi connectivity index (χ4n) is 2.00. The number of carbonyl (C=O) groups is 1. The number of nitrogens with two attached hydrogens (primary N) is 1. The van der Waals surface area contributed by atoms with Crippen molar-refractivity contribution in [3.8, 4) is 0 Å². The highest BCUT2D eigenvalue weighted by Crippen LogP contribution is 2.19. The van der Waals surface area contributed by atoms with Gasteiger partial charge < -0.3 is 10.6 Å². The van der Waals surface area contributed by atoms with Gasteiger partial charge in [-0.3, -0.25) is 4.79 Å². The van der Waals surface area contributed by atoms with E-state index in [1.807, 2.05) is 6.92 Å². The summed E-state index contributed by atoms with van der Waals surface area (Å²) in [7, 11) is 0. The van der Waals surface area contributed by atoms with Crippen LogP contribution >= 0.6 is 11.8 Å². The van der Waals surface area contributed by atoms with Gasteiger partial charge in [-0.15, -0.1) is 11.8 Å². The quantitative estimate of drug-likeness (QED) is 0.821. The van der Waals surface area contributed by atoms with E-state index in [9.17, 15) is 4.79 Å². The van der Waals surface area contributed by atoms with Crippen LogP contribution in [-0.2, 0) is 4.79 Å². The highest BCUT2D eigenvalue weighted by Gasteiger charge is 2.21. The second kappa shape index (κ2) is 7.98. The monoisotopic (exact) mass is 258 g/mol. The SMILES string of the molecule is CC(CN)CSC(C)C(=O)N1CCCCCC1. The molecule has 2 atom stereocenters. The van der Waals surface area contributed by atoms with E-state index in [1.165, 1.54) is 25.7 Å². The van der Waals surface area contributed by atoms with E-state index in [1.54, 1.807) is 11.8 Å². The molecule has 0 aromatic carbocycles. The van der Waals surface area contributed by atoms with Gasteiger partial charge >= 0.3 is 0 Å². The maximum absolute atomic E-state index is 12.2. The normalized spacial score (nSPS) is 20.8. The highest BCUT2D eigenvalue weighted by atomic mass is 32.2. The van der Waals surface area contributed by atoms with Gasteiger partial charge in [0.15, 0.2) is 0 Å². The summed E-state index contributed by atoms with van der Waals surface area (Å²) in [6, 6.07) is 0. The van der Waals surface area contributed by atoms with Gasteiger partial charge in [0, 0.05) is 13.1 Å². The summed E-state index contributed by atoms with van der Waals surface area (Å²) in [5, 5.41) is 0.0853. The van der Waals surface area contributed by atoms with Gasteiger partial charge in [-0.1, -0.05) is 19.8 Å². The number of thioether (sulfide) groups is 1. The van der Waals surface area contributed by atoms with Crippen LogP contribution in [0, 0.1) is 5.92 Å². The van der Waals surface area contributed by atoms with E-state index < -0.39 is 0 Å². The minimum Gasteiger partial charge on any atom is -0.342 e. The van der Waals surface area contributed by atoms with Crippen molar-refractivity contribution < 1.29 is 4.79 Å². The average Bonchev–Trinajstić information content (AvgIpc) is 2.63. The van der Waals surface area contributed by atoms with Gasteiger partial charge in [0.2, 0.25) is 5.91 Å². The van der Waals surface area contributed by atoms with Gasteiger partial charge in [0.05, 0.1) is 5.25 Å². The Morgan fingerprint density at radius 1 is 1.24 bits per heavy atom. The van der Waals surface area contributed by atoms with Crippen LogP contribution in [-0.4, -0.2) is 41.4 Å². The summed E-state index contributed by atoms with van der Waals surface area (Å²) in [6.07, 6.45) is 4.88. The van der Waals surface area contributed by atoms with Crippen LogP contribution in [0.3, 0.4) is 0 Å². The fraction of sp³-hybridized carbons (Fsp3) is 0.923. The molecule has 1 aliphatic heterocycles. The molecule has 2 unspecified atom stereocenters. The van der Waals surface area contributed by atoms with Crippen LogP contribution in [0.4, 0.5) is 0 Å². The molecule has 17 heavy (non-hydrogen) atoms. The Bertz CT molecular complexity index is 227. The number of amides is 1. The zero-order valence-electron chi connectivity index (χ0n) is 11.2. The maximum Gasteiger partial charge on any atom is 0.235 e. The third kappa shape index (κ3) is 5.30. The molecule has 1 heterocycles. The lowest BCUT2D eigenvalue weighted by Gasteiger charge is -2.24. The highest BCUT2D eigenvalue weighted by molar-refractivity contribution is 8.00. The van der Waals surface area contributed by atoms with Crippen molar-refractivity contribution in [1.82, 2.24) is 4.90 Å². The fourth-order valence-corrected chi connectivity index (χ4v) is 3.04. The van der Waals surface area contributed by atoms with Crippen LogP contribution in [0.15, 0.2) is 0 Å². The van der Waals surface area contributed by atoms with Crippen LogP contribution in [0.5, 0.6) is 0 Å². The Hall–Kier alpha value is -0.220. The van der Waals surface area contributed by atoms with Crippen LogP contribution in [0.25, 0.3) is 0 Å². The number of rotatable bonds is 5. The Kier molecular flexibility index (Phi) is 6.97. The van der Waals surface area contributed by atoms with E-state index in [4.69, 9.17) is 5.73 Å². The molecule has 0 radical (unpaired) electrons. The van der Waals surface area contributed by atoms with Crippen molar-refractivity contribution in [2.45, 2.75) is 44.8 Å². The zero-order chi connectivity index (χ0) is 12.7. The van der Waals surface area contributed by atoms with Crippen molar-refractivity contribution in [3.63, 3.8) is 0 Å². The molecule has 2 N–H and O–H groups in total. The molecular weight excluding hydrogens is 232 g/mol. The van der Waals surface area contributed by atoms with Gasteiger partial charge in [0.1, 0.15) is 0 Å². The molecule has 100 valence electrons. The number of likely N-dealkylation sites (tertiary alicyclic amines) is 1. The second-order valence-corrected chi connectivity index (χ2v) is 6.43. The van der Waals surface area contributed by atoms with E-state index in [0.29, 0.717) is 18.4 Å². The van der Waals surface area contributed by atoms with Gasteiger partial charge in [-0.2, -0.15) is 0 Å². The summed E-state index contributed by atoms with van der Waals surface area (Å²) in [5.41, 5.74) is 5.59.